The maximum absolute atomic E-state index is 12.5. The Kier molecular flexibility index (Phi) is 4.60. The minimum atomic E-state index is -0.245. The molecule has 3 aromatic rings. The maximum atomic E-state index is 12.5. The Morgan fingerprint density at radius 2 is 1.77 bits per heavy atom. The summed E-state index contributed by atoms with van der Waals surface area (Å²) < 4.78 is 16.5. The summed E-state index contributed by atoms with van der Waals surface area (Å²) in [6.07, 6.45) is 2.15. The first-order valence-electron chi connectivity index (χ1n) is 8.57. The molecular weight excluding hydrogens is 330 g/mol. The molecule has 1 amide bonds. The highest BCUT2D eigenvalue weighted by Gasteiger charge is 2.21. The van der Waals surface area contributed by atoms with Crippen LogP contribution in [0.25, 0.3) is 0 Å². The van der Waals surface area contributed by atoms with Gasteiger partial charge in [0.2, 0.25) is 0 Å². The Balaban J connectivity index is 1.62. The molecule has 1 N–H and O–H groups in total. The molecule has 0 bridgehead atoms. The quantitative estimate of drug-likeness (QED) is 0.762. The van der Waals surface area contributed by atoms with Crippen LogP contribution in [-0.4, -0.2) is 19.1 Å². The highest BCUT2D eigenvalue weighted by atomic mass is 16.6. The first-order chi connectivity index (χ1) is 12.8. The SMILES string of the molecule is O=C(NC(Cc1ccccc1)c1ccc2c(c1)OCCO2)c1ccco1. The van der Waals surface area contributed by atoms with Crippen LogP contribution in [0.4, 0.5) is 0 Å². The summed E-state index contributed by atoms with van der Waals surface area (Å²) in [4.78, 5) is 12.5. The number of benzene rings is 2. The second-order valence-electron chi connectivity index (χ2n) is 6.10. The predicted molar refractivity (Wildman–Crippen MR) is 96.5 cm³/mol. The zero-order valence-electron chi connectivity index (χ0n) is 14.2. The van der Waals surface area contributed by atoms with Gasteiger partial charge in [0.25, 0.3) is 5.91 Å². The monoisotopic (exact) mass is 349 g/mol. The van der Waals surface area contributed by atoms with Gasteiger partial charge in [0.15, 0.2) is 17.3 Å². The lowest BCUT2D eigenvalue weighted by Crippen LogP contribution is -2.30. The molecule has 4 rings (SSSR count). The van der Waals surface area contributed by atoms with Gasteiger partial charge in [0.05, 0.1) is 12.3 Å². The van der Waals surface area contributed by atoms with Crippen LogP contribution in [0.15, 0.2) is 71.3 Å². The first kappa shape index (κ1) is 16.3. The largest absolute Gasteiger partial charge is 0.486 e. The summed E-state index contributed by atoms with van der Waals surface area (Å²) in [6.45, 7) is 1.08. The van der Waals surface area contributed by atoms with Gasteiger partial charge in [-0.05, 0) is 41.8 Å². The third-order valence-electron chi connectivity index (χ3n) is 4.30. The number of fused-ring (bicyclic) bond motifs is 1. The van der Waals surface area contributed by atoms with E-state index < -0.39 is 0 Å². The van der Waals surface area contributed by atoms with Crippen molar-refractivity contribution in [3.05, 3.63) is 83.8 Å². The van der Waals surface area contributed by atoms with Crippen molar-refractivity contribution in [2.45, 2.75) is 12.5 Å². The van der Waals surface area contributed by atoms with Gasteiger partial charge in [0, 0.05) is 0 Å². The van der Waals surface area contributed by atoms with Gasteiger partial charge in [-0.1, -0.05) is 36.4 Å². The highest BCUT2D eigenvalue weighted by Crippen LogP contribution is 2.33. The van der Waals surface area contributed by atoms with Crippen molar-refractivity contribution in [3.8, 4) is 11.5 Å². The summed E-state index contributed by atoms with van der Waals surface area (Å²) in [6, 6.07) is 19.0. The van der Waals surface area contributed by atoms with Crippen LogP contribution < -0.4 is 14.8 Å². The van der Waals surface area contributed by atoms with Crippen molar-refractivity contribution >= 4 is 5.91 Å². The van der Waals surface area contributed by atoms with E-state index in [0.29, 0.717) is 31.1 Å². The maximum Gasteiger partial charge on any atom is 0.287 e. The Morgan fingerprint density at radius 1 is 0.962 bits per heavy atom. The zero-order chi connectivity index (χ0) is 17.8. The molecule has 0 saturated heterocycles. The van der Waals surface area contributed by atoms with Crippen molar-refractivity contribution in [2.75, 3.05) is 13.2 Å². The fourth-order valence-corrected chi connectivity index (χ4v) is 3.02. The van der Waals surface area contributed by atoms with Crippen molar-refractivity contribution in [3.63, 3.8) is 0 Å². The van der Waals surface area contributed by atoms with Crippen molar-refractivity contribution in [2.24, 2.45) is 0 Å². The number of hydrogen-bond donors (Lipinski definition) is 1. The highest BCUT2D eigenvalue weighted by molar-refractivity contribution is 5.91. The number of carbonyl (C=O) groups excluding carboxylic acids is 1. The van der Waals surface area contributed by atoms with Crippen LogP contribution in [0, 0.1) is 0 Å². The molecule has 2 heterocycles. The lowest BCUT2D eigenvalue weighted by atomic mass is 9.98. The third-order valence-corrected chi connectivity index (χ3v) is 4.30. The molecule has 1 aliphatic heterocycles. The summed E-state index contributed by atoms with van der Waals surface area (Å²) >= 11 is 0. The lowest BCUT2D eigenvalue weighted by Gasteiger charge is -2.23. The summed E-state index contributed by atoms with van der Waals surface area (Å²) in [7, 11) is 0. The van der Waals surface area contributed by atoms with E-state index in [0.717, 1.165) is 16.9 Å². The molecule has 26 heavy (non-hydrogen) atoms. The van der Waals surface area contributed by atoms with Gasteiger partial charge < -0.3 is 19.2 Å². The fourth-order valence-electron chi connectivity index (χ4n) is 3.02. The summed E-state index contributed by atoms with van der Waals surface area (Å²) in [5, 5.41) is 3.06. The van der Waals surface area contributed by atoms with E-state index in [4.69, 9.17) is 13.9 Å². The predicted octanol–water partition coefficient (Wildman–Crippen LogP) is 3.76. The number of hydrogen-bond acceptors (Lipinski definition) is 4. The summed E-state index contributed by atoms with van der Waals surface area (Å²) in [5.41, 5.74) is 2.09. The standard InChI is InChI=1S/C21H19NO4/c23-21(19-7-4-10-24-19)22-17(13-15-5-2-1-3-6-15)16-8-9-18-20(14-16)26-12-11-25-18/h1-10,14,17H,11-13H2,(H,22,23). The number of ether oxygens (including phenoxy) is 2. The van der Waals surface area contributed by atoms with E-state index in [1.54, 1.807) is 12.1 Å². The molecule has 5 heteroatoms. The second-order valence-corrected chi connectivity index (χ2v) is 6.10. The van der Waals surface area contributed by atoms with Crippen LogP contribution in [0.2, 0.25) is 0 Å². The molecule has 0 fully saturated rings. The van der Waals surface area contributed by atoms with Gasteiger partial charge in [-0.3, -0.25) is 4.79 Å². The minimum Gasteiger partial charge on any atom is -0.486 e. The summed E-state index contributed by atoms with van der Waals surface area (Å²) in [5.74, 6) is 1.49. The molecule has 0 spiro atoms. The smallest absolute Gasteiger partial charge is 0.287 e. The Hall–Kier alpha value is -3.21. The topological polar surface area (TPSA) is 60.7 Å². The molecule has 2 aromatic carbocycles. The van der Waals surface area contributed by atoms with E-state index in [1.165, 1.54) is 6.26 Å². The van der Waals surface area contributed by atoms with E-state index >= 15 is 0 Å². The molecular formula is C21H19NO4. The third kappa shape index (κ3) is 3.57. The van der Waals surface area contributed by atoms with E-state index in [2.05, 4.69) is 5.32 Å². The van der Waals surface area contributed by atoms with E-state index in [1.807, 2.05) is 48.5 Å². The van der Waals surface area contributed by atoms with Crippen LogP contribution in [0.1, 0.15) is 27.7 Å². The van der Waals surface area contributed by atoms with Gasteiger partial charge >= 0.3 is 0 Å². The van der Waals surface area contributed by atoms with Crippen molar-refractivity contribution in [1.82, 2.24) is 5.32 Å². The molecule has 132 valence electrons. The van der Waals surface area contributed by atoms with Gasteiger partial charge in [-0.15, -0.1) is 0 Å². The number of carbonyl (C=O) groups is 1. The molecule has 0 aliphatic carbocycles. The number of rotatable bonds is 5. The Labute approximate surface area is 151 Å². The van der Waals surface area contributed by atoms with E-state index in [-0.39, 0.29) is 11.9 Å². The average Bonchev–Trinajstić information content (AvgIpc) is 3.23. The van der Waals surface area contributed by atoms with Crippen LogP contribution in [0.5, 0.6) is 11.5 Å². The Bertz CT molecular complexity index is 874. The van der Waals surface area contributed by atoms with Gasteiger partial charge in [0.1, 0.15) is 13.2 Å². The van der Waals surface area contributed by atoms with Crippen molar-refractivity contribution in [1.29, 1.82) is 0 Å². The molecule has 1 aliphatic rings. The number of amides is 1. The van der Waals surface area contributed by atoms with Crippen LogP contribution in [0.3, 0.4) is 0 Å². The van der Waals surface area contributed by atoms with E-state index in [9.17, 15) is 4.79 Å². The van der Waals surface area contributed by atoms with Crippen molar-refractivity contribution < 1.29 is 18.7 Å². The Morgan fingerprint density at radius 3 is 2.54 bits per heavy atom. The zero-order valence-corrected chi connectivity index (χ0v) is 14.2. The average molecular weight is 349 g/mol. The van der Waals surface area contributed by atoms with Crippen LogP contribution in [-0.2, 0) is 6.42 Å². The molecule has 1 unspecified atom stereocenters. The molecule has 0 saturated carbocycles. The normalized spacial score (nSPS) is 13.8. The van der Waals surface area contributed by atoms with Gasteiger partial charge in [-0.2, -0.15) is 0 Å². The fraction of sp³-hybridized carbons (Fsp3) is 0.190. The number of furan rings is 1. The second kappa shape index (κ2) is 7.35. The molecule has 1 atom stereocenters. The molecule has 5 nitrogen and oxygen atoms in total. The molecule has 0 radical (unpaired) electrons. The van der Waals surface area contributed by atoms with Gasteiger partial charge in [-0.25, -0.2) is 0 Å². The minimum absolute atomic E-state index is 0.217. The van der Waals surface area contributed by atoms with Crippen LogP contribution >= 0.6 is 0 Å². The number of nitrogens with one attached hydrogen (secondary N) is 1. The molecule has 1 aromatic heterocycles. The first-order valence-corrected chi connectivity index (χ1v) is 8.57. The lowest BCUT2D eigenvalue weighted by molar-refractivity contribution is 0.0908.